The summed E-state index contributed by atoms with van der Waals surface area (Å²) in [5.41, 5.74) is 0. The number of rotatable bonds is 4. The van der Waals surface area contributed by atoms with Gasteiger partial charge >= 0.3 is 5.97 Å². The second-order valence-corrected chi connectivity index (χ2v) is 2.48. The summed E-state index contributed by atoms with van der Waals surface area (Å²) in [6, 6.07) is 0. The molecule has 68 valence electrons. The van der Waals surface area contributed by atoms with E-state index in [0.29, 0.717) is 0 Å². The van der Waals surface area contributed by atoms with Crippen molar-refractivity contribution in [2.24, 2.45) is 5.92 Å². The van der Waals surface area contributed by atoms with Gasteiger partial charge in [-0.25, -0.2) is 0 Å². The van der Waals surface area contributed by atoms with Crippen molar-refractivity contribution < 1.29 is 14.7 Å². The molecular weight excluding hydrogens is 158 g/mol. The molecular formula is C8H13NO3. The van der Waals surface area contributed by atoms with E-state index in [-0.39, 0.29) is 12.5 Å². The zero-order chi connectivity index (χ0) is 9.56. The minimum absolute atomic E-state index is 0.165. The number of carboxylic acids is 1. The lowest BCUT2D eigenvalue weighted by Crippen LogP contribution is -2.30. The van der Waals surface area contributed by atoms with E-state index in [1.165, 1.54) is 13.0 Å². The van der Waals surface area contributed by atoms with Crippen LogP contribution in [0.5, 0.6) is 0 Å². The number of carbonyl (C=O) groups is 2. The fourth-order valence-electron chi connectivity index (χ4n) is 0.551. The van der Waals surface area contributed by atoms with Gasteiger partial charge in [0.05, 0.1) is 5.92 Å². The Balaban J connectivity index is 3.68. The Hall–Kier alpha value is -1.32. The highest BCUT2D eigenvalue weighted by Crippen LogP contribution is 1.90. The van der Waals surface area contributed by atoms with Gasteiger partial charge in [0.2, 0.25) is 5.91 Å². The number of hydrogen-bond donors (Lipinski definition) is 2. The average molecular weight is 171 g/mol. The Morgan fingerprint density at radius 2 is 2.17 bits per heavy atom. The highest BCUT2D eigenvalue weighted by molar-refractivity contribution is 5.87. The number of carbonyl (C=O) groups excluding carboxylic acids is 1. The van der Waals surface area contributed by atoms with E-state index < -0.39 is 11.9 Å². The van der Waals surface area contributed by atoms with Gasteiger partial charge in [-0.1, -0.05) is 13.0 Å². The Labute approximate surface area is 71.3 Å². The van der Waals surface area contributed by atoms with Gasteiger partial charge in [0.15, 0.2) is 0 Å². The second kappa shape index (κ2) is 5.35. The number of allylic oxidation sites excluding steroid dienone is 1. The van der Waals surface area contributed by atoms with Gasteiger partial charge in [0, 0.05) is 6.54 Å². The Morgan fingerprint density at radius 3 is 2.58 bits per heavy atom. The summed E-state index contributed by atoms with van der Waals surface area (Å²) >= 11 is 0. The molecule has 1 atom stereocenters. The first-order chi connectivity index (χ1) is 5.57. The van der Waals surface area contributed by atoms with Gasteiger partial charge < -0.3 is 10.4 Å². The first-order valence-corrected chi connectivity index (χ1v) is 3.71. The van der Waals surface area contributed by atoms with E-state index in [9.17, 15) is 9.59 Å². The molecule has 0 aliphatic rings. The van der Waals surface area contributed by atoms with Crippen LogP contribution in [0.1, 0.15) is 13.8 Å². The van der Waals surface area contributed by atoms with E-state index in [1.54, 1.807) is 13.0 Å². The standard InChI is InChI=1S/C8H13NO3/c1-3-4-7(10)9-5-6(2)8(11)12/h3-4,6H,5H2,1-2H3,(H,9,10)(H,11,12). The Morgan fingerprint density at radius 1 is 1.58 bits per heavy atom. The molecule has 4 heteroatoms. The highest BCUT2D eigenvalue weighted by atomic mass is 16.4. The van der Waals surface area contributed by atoms with E-state index in [1.807, 2.05) is 0 Å². The van der Waals surface area contributed by atoms with Gasteiger partial charge in [-0.3, -0.25) is 9.59 Å². The lowest BCUT2D eigenvalue weighted by atomic mass is 10.2. The Kier molecular flexibility index (Phi) is 4.76. The number of carboxylic acid groups (broad SMARTS) is 1. The van der Waals surface area contributed by atoms with Crippen LogP contribution >= 0.6 is 0 Å². The van der Waals surface area contributed by atoms with Crippen LogP contribution in [0.4, 0.5) is 0 Å². The molecule has 0 bridgehead atoms. The molecule has 0 aliphatic carbocycles. The number of hydrogen-bond acceptors (Lipinski definition) is 2. The molecule has 2 N–H and O–H groups in total. The smallest absolute Gasteiger partial charge is 0.308 e. The molecule has 0 aromatic carbocycles. The lowest BCUT2D eigenvalue weighted by molar-refractivity contribution is -0.141. The molecule has 4 nitrogen and oxygen atoms in total. The molecule has 0 rings (SSSR count). The van der Waals surface area contributed by atoms with E-state index >= 15 is 0 Å². The Bertz CT molecular complexity index is 198. The minimum Gasteiger partial charge on any atom is -0.481 e. The third kappa shape index (κ3) is 4.49. The molecule has 1 amide bonds. The topological polar surface area (TPSA) is 66.4 Å². The van der Waals surface area contributed by atoms with Crippen molar-refractivity contribution in [1.29, 1.82) is 0 Å². The third-order valence-corrected chi connectivity index (χ3v) is 1.32. The lowest BCUT2D eigenvalue weighted by Gasteiger charge is -2.05. The molecule has 0 radical (unpaired) electrons. The quantitative estimate of drug-likeness (QED) is 0.602. The summed E-state index contributed by atoms with van der Waals surface area (Å²) in [5, 5.41) is 10.9. The molecule has 12 heavy (non-hydrogen) atoms. The van der Waals surface area contributed by atoms with Crippen LogP contribution < -0.4 is 5.32 Å². The van der Waals surface area contributed by atoms with Gasteiger partial charge in [-0.05, 0) is 13.0 Å². The summed E-state index contributed by atoms with van der Waals surface area (Å²) in [7, 11) is 0. The fraction of sp³-hybridized carbons (Fsp3) is 0.500. The summed E-state index contributed by atoms with van der Waals surface area (Å²) in [6.45, 7) is 3.43. The van der Waals surface area contributed by atoms with Crippen molar-refractivity contribution in [2.45, 2.75) is 13.8 Å². The molecule has 0 aromatic rings. The van der Waals surface area contributed by atoms with Gasteiger partial charge in [0.1, 0.15) is 0 Å². The van der Waals surface area contributed by atoms with Crippen molar-refractivity contribution >= 4 is 11.9 Å². The van der Waals surface area contributed by atoms with Crippen LogP contribution in [0.25, 0.3) is 0 Å². The molecule has 1 unspecified atom stereocenters. The molecule has 0 aliphatic heterocycles. The van der Waals surface area contributed by atoms with Gasteiger partial charge in [0.25, 0.3) is 0 Å². The maximum Gasteiger partial charge on any atom is 0.308 e. The van der Waals surface area contributed by atoms with Crippen molar-refractivity contribution in [3.8, 4) is 0 Å². The van der Waals surface area contributed by atoms with Crippen molar-refractivity contribution in [2.75, 3.05) is 6.54 Å². The predicted molar refractivity (Wildman–Crippen MR) is 44.6 cm³/mol. The minimum atomic E-state index is -0.907. The number of amides is 1. The van der Waals surface area contributed by atoms with Gasteiger partial charge in [-0.15, -0.1) is 0 Å². The molecule has 0 saturated carbocycles. The first-order valence-electron chi connectivity index (χ1n) is 3.71. The molecule has 0 heterocycles. The zero-order valence-corrected chi connectivity index (χ0v) is 7.20. The normalized spacial score (nSPS) is 12.8. The van der Waals surface area contributed by atoms with Crippen LogP contribution in [-0.4, -0.2) is 23.5 Å². The van der Waals surface area contributed by atoms with E-state index in [4.69, 9.17) is 5.11 Å². The summed E-state index contributed by atoms with van der Waals surface area (Å²) in [4.78, 5) is 21.1. The van der Waals surface area contributed by atoms with Crippen molar-refractivity contribution in [3.05, 3.63) is 12.2 Å². The molecule has 0 saturated heterocycles. The van der Waals surface area contributed by atoms with Crippen LogP contribution in [0.15, 0.2) is 12.2 Å². The predicted octanol–water partition coefficient (Wildman–Crippen LogP) is 0.399. The second-order valence-electron chi connectivity index (χ2n) is 2.48. The third-order valence-electron chi connectivity index (χ3n) is 1.32. The van der Waals surface area contributed by atoms with Crippen molar-refractivity contribution in [1.82, 2.24) is 5.32 Å². The van der Waals surface area contributed by atoms with E-state index in [0.717, 1.165) is 0 Å². The number of nitrogens with one attached hydrogen (secondary N) is 1. The van der Waals surface area contributed by atoms with Crippen molar-refractivity contribution in [3.63, 3.8) is 0 Å². The summed E-state index contributed by atoms with van der Waals surface area (Å²) in [6.07, 6.45) is 2.95. The average Bonchev–Trinajstić information content (AvgIpc) is 2.00. The summed E-state index contributed by atoms with van der Waals surface area (Å²) < 4.78 is 0. The zero-order valence-electron chi connectivity index (χ0n) is 7.20. The van der Waals surface area contributed by atoms with Gasteiger partial charge in [-0.2, -0.15) is 0 Å². The van der Waals surface area contributed by atoms with Crippen LogP contribution in [-0.2, 0) is 9.59 Å². The fourth-order valence-corrected chi connectivity index (χ4v) is 0.551. The maximum absolute atomic E-state index is 10.8. The van der Waals surface area contributed by atoms with E-state index in [2.05, 4.69) is 5.32 Å². The molecule has 0 spiro atoms. The highest BCUT2D eigenvalue weighted by Gasteiger charge is 2.10. The number of aliphatic carboxylic acids is 1. The molecule has 0 aromatic heterocycles. The molecule has 0 fully saturated rings. The van der Waals surface area contributed by atoms with Crippen LogP contribution in [0, 0.1) is 5.92 Å². The first kappa shape index (κ1) is 10.7. The monoisotopic (exact) mass is 171 g/mol. The van der Waals surface area contributed by atoms with Crippen LogP contribution in [0.3, 0.4) is 0 Å². The van der Waals surface area contributed by atoms with Crippen LogP contribution in [0.2, 0.25) is 0 Å². The largest absolute Gasteiger partial charge is 0.481 e. The maximum atomic E-state index is 10.8. The summed E-state index contributed by atoms with van der Waals surface area (Å²) in [5.74, 6) is -1.71. The SMILES string of the molecule is CC=CC(=O)NCC(C)C(=O)O.